The molecular formula is C19H20N4O3. The van der Waals surface area contributed by atoms with E-state index in [2.05, 4.69) is 10.3 Å². The lowest BCUT2D eigenvalue weighted by Crippen LogP contribution is -2.21. The van der Waals surface area contributed by atoms with Gasteiger partial charge in [-0.1, -0.05) is 18.2 Å². The molecule has 0 bridgehead atoms. The second-order valence-electron chi connectivity index (χ2n) is 5.25. The fourth-order valence-electron chi connectivity index (χ4n) is 2.10. The van der Waals surface area contributed by atoms with E-state index >= 15 is 0 Å². The van der Waals surface area contributed by atoms with Crippen LogP contribution in [0.25, 0.3) is 6.08 Å². The van der Waals surface area contributed by atoms with E-state index in [1.807, 2.05) is 0 Å². The van der Waals surface area contributed by atoms with E-state index in [0.717, 1.165) is 5.56 Å². The summed E-state index contributed by atoms with van der Waals surface area (Å²) in [5.74, 6) is -0.757. The quantitative estimate of drug-likeness (QED) is 0.319. The lowest BCUT2D eigenvalue weighted by Gasteiger charge is -2.06. The molecule has 26 heavy (non-hydrogen) atoms. The minimum absolute atomic E-state index is 0.0750. The minimum Gasteiger partial charge on any atom is -0.463 e. The molecule has 0 aliphatic carbocycles. The third kappa shape index (κ3) is 5.79. The van der Waals surface area contributed by atoms with Crippen LogP contribution >= 0.6 is 0 Å². The number of amides is 1. The molecule has 134 valence electrons. The van der Waals surface area contributed by atoms with Crippen molar-refractivity contribution in [1.82, 2.24) is 0 Å². The monoisotopic (exact) mass is 352 g/mol. The van der Waals surface area contributed by atoms with Crippen molar-refractivity contribution >= 4 is 35.3 Å². The molecule has 7 heteroatoms. The van der Waals surface area contributed by atoms with Crippen LogP contribution in [0.2, 0.25) is 0 Å². The highest BCUT2D eigenvalue weighted by atomic mass is 16.5. The molecule has 1 amide bonds. The first kappa shape index (κ1) is 18.7. The van der Waals surface area contributed by atoms with Crippen molar-refractivity contribution < 1.29 is 14.3 Å². The van der Waals surface area contributed by atoms with Crippen LogP contribution in [0.1, 0.15) is 22.8 Å². The van der Waals surface area contributed by atoms with Crippen molar-refractivity contribution in [1.29, 1.82) is 0 Å². The molecule has 2 aromatic carbocycles. The van der Waals surface area contributed by atoms with Gasteiger partial charge in [-0.3, -0.25) is 4.79 Å². The van der Waals surface area contributed by atoms with Gasteiger partial charge in [0.1, 0.15) is 0 Å². The number of anilines is 1. The fraction of sp³-hybridized carbons (Fsp3) is 0.105. The van der Waals surface area contributed by atoms with Gasteiger partial charge in [0, 0.05) is 17.3 Å². The number of guanidine groups is 1. The van der Waals surface area contributed by atoms with E-state index in [-0.39, 0.29) is 11.9 Å². The zero-order valence-electron chi connectivity index (χ0n) is 14.3. The third-order valence-electron chi connectivity index (χ3n) is 3.23. The number of esters is 1. The molecule has 0 fully saturated rings. The van der Waals surface area contributed by atoms with E-state index in [0.29, 0.717) is 23.5 Å². The van der Waals surface area contributed by atoms with Gasteiger partial charge in [-0.15, -0.1) is 0 Å². The summed E-state index contributed by atoms with van der Waals surface area (Å²) in [5, 5.41) is 2.79. The van der Waals surface area contributed by atoms with Gasteiger partial charge in [0.25, 0.3) is 5.91 Å². The SMILES string of the molecule is CCOC(=O)C=Cc1ccc(NC(=O)c2cccc(N=C(N)N)c2)cc1. The molecule has 5 N–H and O–H groups in total. The second-order valence-corrected chi connectivity index (χ2v) is 5.25. The van der Waals surface area contributed by atoms with E-state index in [1.165, 1.54) is 6.08 Å². The van der Waals surface area contributed by atoms with Crippen LogP contribution in [0.15, 0.2) is 59.6 Å². The summed E-state index contributed by atoms with van der Waals surface area (Å²) in [6, 6.07) is 13.7. The maximum absolute atomic E-state index is 12.3. The summed E-state index contributed by atoms with van der Waals surface area (Å²) in [5.41, 5.74) is 13.0. The lowest BCUT2D eigenvalue weighted by molar-refractivity contribution is -0.137. The van der Waals surface area contributed by atoms with Gasteiger partial charge in [0.15, 0.2) is 5.96 Å². The van der Waals surface area contributed by atoms with Crippen molar-refractivity contribution in [3.05, 3.63) is 65.7 Å². The first-order valence-electron chi connectivity index (χ1n) is 7.94. The summed E-state index contributed by atoms with van der Waals surface area (Å²) >= 11 is 0. The van der Waals surface area contributed by atoms with Crippen molar-refractivity contribution in [2.45, 2.75) is 6.92 Å². The zero-order valence-corrected chi connectivity index (χ0v) is 14.3. The largest absolute Gasteiger partial charge is 0.463 e. The lowest BCUT2D eigenvalue weighted by atomic mass is 10.1. The average Bonchev–Trinajstić information content (AvgIpc) is 2.61. The number of hydrogen-bond donors (Lipinski definition) is 3. The maximum Gasteiger partial charge on any atom is 0.330 e. The fourth-order valence-corrected chi connectivity index (χ4v) is 2.10. The Bertz CT molecular complexity index is 838. The van der Waals surface area contributed by atoms with Crippen LogP contribution in [0.5, 0.6) is 0 Å². The Morgan fingerprint density at radius 3 is 2.54 bits per heavy atom. The van der Waals surface area contributed by atoms with E-state index < -0.39 is 5.97 Å². The Balaban J connectivity index is 2.03. The average molecular weight is 352 g/mol. The van der Waals surface area contributed by atoms with E-state index in [4.69, 9.17) is 16.2 Å². The summed E-state index contributed by atoms with van der Waals surface area (Å²) in [4.78, 5) is 27.5. The van der Waals surface area contributed by atoms with Crippen LogP contribution in [0.3, 0.4) is 0 Å². The Morgan fingerprint density at radius 2 is 1.88 bits per heavy atom. The van der Waals surface area contributed by atoms with Gasteiger partial charge in [-0.25, -0.2) is 9.79 Å². The third-order valence-corrected chi connectivity index (χ3v) is 3.23. The Kier molecular flexibility index (Phi) is 6.50. The zero-order chi connectivity index (χ0) is 18.9. The molecule has 0 aliphatic heterocycles. The standard InChI is InChI=1S/C19H20N4O3/c1-2-26-17(24)11-8-13-6-9-15(10-7-13)22-18(25)14-4-3-5-16(12-14)23-19(20)21/h3-12H,2H2,1H3,(H,22,25)(H4,20,21,23). The number of hydrogen-bond acceptors (Lipinski definition) is 4. The summed E-state index contributed by atoms with van der Waals surface area (Å²) in [7, 11) is 0. The second kappa shape index (κ2) is 9.03. The smallest absolute Gasteiger partial charge is 0.330 e. The normalized spacial score (nSPS) is 10.3. The predicted octanol–water partition coefficient (Wildman–Crippen LogP) is 2.42. The van der Waals surface area contributed by atoms with Crippen molar-refractivity contribution in [2.24, 2.45) is 16.5 Å². The number of benzene rings is 2. The number of rotatable bonds is 6. The van der Waals surface area contributed by atoms with Gasteiger partial charge < -0.3 is 21.5 Å². The highest BCUT2D eigenvalue weighted by Crippen LogP contribution is 2.16. The molecule has 0 saturated carbocycles. The number of nitrogens with zero attached hydrogens (tertiary/aromatic N) is 1. The molecule has 0 aliphatic rings. The van der Waals surface area contributed by atoms with Crippen LogP contribution in [-0.4, -0.2) is 24.4 Å². The minimum atomic E-state index is -0.398. The van der Waals surface area contributed by atoms with Crippen LogP contribution in [0.4, 0.5) is 11.4 Å². The number of carbonyl (C=O) groups excluding carboxylic acids is 2. The van der Waals surface area contributed by atoms with Crippen molar-refractivity contribution in [3.8, 4) is 0 Å². The number of carbonyl (C=O) groups is 2. The molecule has 0 heterocycles. The molecule has 0 radical (unpaired) electrons. The molecule has 0 aromatic heterocycles. The van der Waals surface area contributed by atoms with Crippen LogP contribution < -0.4 is 16.8 Å². The topological polar surface area (TPSA) is 120 Å². The molecule has 2 aromatic rings. The first-order valence-corrected chi connectivity index (χ1v) is 7.94. The Hall–Kier alpha value is -3.61. The summed E-state index contributed by atoms with van der Waals surface area (Å²) in [6.07, 6.45) is 2.99. The molecule has 7 nitrogen and oxygen atoms in total. The van der Waals surface area contributed by atoms with Gasteiger partial charge in [-0.2, -0.15) is 0 Å². The molecule has 0 atom stereocenters. The van der Waals surface area contributed by atoms with E-state index in [1.54, 1.807) is 61.5 Å². The number of ether oxygens (including phenoxy) is 1. The molecular weight excluding hydrogens is 332 g/mol. The van der Waals surface area contributed by atoms with Gasteiger partial charge in [0.2, 0.25) is 0 Å². The Morgan fingerprint density at radius 1 is 1.15 bits per heavy atom. The molecule has 2 rings (SSSR count). The summed E-state index contributed by atoms with van der Waals surface area (Å²) < 4.78 is 4.81. The van der Waals surface area contributed by atoms with Crippen molar-refractivity contribution in [2.75, 3.05) is 11.9 Å². The van der Waals surface area contributed by atoms with Gasteiger partial charge in [0.05, 0.1) is 12.3 Å². The predicted molar refractivity (Wildman–Crippen MR) is 102 cm³/mol. The molecule has 0 spiro atoms. The van der Waals surface area contributed by atoms with Crippen molar-refractivity contribution in [3.63, 3.8) is 0 Å². The van der Waals surface area contributed by atoms with Gasteiger partial charge in [-0.05, 0) is 48.9 Å². The Labute approximate surface area is 151 Å². The van der Waals surface area contributed by atoms with Gasteiger partial charge >= 0.3 is 5.97 Å². The summed E-state index contributed by atoms with van der Waals surface area (Å²) in [6.45, 7) is 2.08. The maximum atomic E-state index is 12.3. The highest BCUT2D eigenvalue weighted by Gasteiger charge is 2.07. The number of aliphatic imine (C=N–C) groups is 1. The molecule has 0 unspecified atom stereocenters. The van der Waals surface area contributed by atoms with Crippen LogP contribution in [-0.2, 0) is 9.53 Å². The van der Waals surface area contributed by atoms with E-state index in [9.17, 15) is 9.59 Å². The number of nitrogens with two attached hydrogens (primary N) is 2. The molecule has 0 saturated heterocycles. The highest BCUT2D eigenvalue weighted by molar-refractivity contribution is 6.04. The van der Waals surface area contributed by atoms with Crippen LogP contribution in [0, 0.1) is 0 Å². The first-order chi connectivity index (χ1) is 12.5. The number of nitrogens with one attached hydrogen (secondary N) is 1.